The highest BCUT2D eigenvalue weighted by molar-refractivity contribution is 5.91. The lowest BCUT2D eigenvalue weighted by molar-refractivity contribution is -0.141. The molecule has 1 aromatic heterocycles. The summed E-state index contributed by atoms with van der Waals surface area (Å²) < 4.78 is 10.5. The van der Waals surface area contributed by atoms with Crippen molar-refractivity contribution in [3.8, 4) is 0 Å². The molecule has 0 aromatic carbocycles. The summed E-state index contributed by atoms with van der Waals surface area (Å²) in [5.74, 6) is 0.792. The first-order chi connectivity index (χ1) is 12.1. The molecule has 0 bridgehead atoms. The van der Waals surface area contributed by atoms with Crippen LogP contribution in [0, 0.1) is 0 Å². The van der Waals surface area contributed by atoms with Crippen molar-refractivity contribution < 1.29 is 18.7 Å². The second-order valence-electron chi connectivity index (χ2n) is 6.32. The molecule has 136 valence electrons. The summed E-state index contributed by atoms with van der Waals surface area (Å²) in [6, 6.07) is 3.44. The maximum absolute atomic E-state index is 12.6. The first-order valence-corrected chi connectivity index (χ1v) is 8.76. The van der Waals surface area contributed by atoms with Crippen LogP contribution in [0.4, 0.5) is 0 Å². The van der Waals surface area contributed by atoms with E-state index in [1.54, 1.807) is 24.5 Å². The van der Waals surface area contributed by atoms with E-state index < -0.39 is 0 Å². The molecule has 7 heteroatoms. The minimum absolute atomic E-state index is 0.0248. The fourth-order valence-corrected chi connectivity index (χ4v) is 3.18. The summed E-state index contributed by atoms with van der Waals surface area (Å²) in [5, 5.41) is 0. The van der Waals surface area contributed by atoms with Crippen LogP contribution in [0.1, 0.15) is 12.7 Å². The Morgan fingerprint density at radius 3 is 2.44 bits per heavy atom. The molecule has 3 rings (SSSR count). The third-order valence-corrected chi connectivity index (χ3v) is 4.79. The van der Waals surface area contributed by atoms with Crippen LogP contribution in [0.5, 0.6) is 0 Å². The van der Waals surface area contributed by atoms with E-state index in [4.69, 9.17) is 9.15 Å². The van der Waals surface area contributed by atoms with Gasteiger partial charge < -0.3 is 19.0 Å². The Bertz CT molecular complexity index is 600. The molecule has 2 saturated heterocycles. The molecule has 2 amide bonds. The van der Waals surface area contributed by atoms with E-state index in [1.165, 1.54) is 6.08 Å². The van der Waals surface area contributed by atoms with Crippen molar-refractivity contribution >= 4 is 17.9 Å². The number of amides is 2. The van der Waals surface area contributed by atoms with Crippen molar-refractivity contribution in [3.63, 3.8) is 0 Å². The first kappa shape index (κ1) is 17.7. The molecule has 0 saturated carbocycles. The van der Waals surface area contributed by atoms with Crippen molar-refractivity contribution in [1.29, 1.82) is 0 Å². The average molecular weight is 347 g/mol. The quantitative estimate of drug-likeness (QED) is 0.750. The molecular formula is C18H25N3O4. The number of furan rings is 1. The number of ether oxygens (including phenoxy) is 1. The van der Waals surface area contributed by atoms with Crippen molar-refractivity contribution in [3.05, 3.63) is 30.2 Å². The number of piperazine rings is 1. The van der Waals surface area contributed by atoms with Crippen LogP contribution in [0.25, 0.3) is 6.08 Å². The van der Waals surface area contributed by atoms with Gasteiger partial charge in [0.25, 0.3) is 0 Å². The van der Waals surface area contributed by atoms with Crippen LogP contribution in [0.15, 0.2) is 28.9 Å². The number of carbonyl (C=O) groups excluding carboxylic acids is 2. The molecule has 0 aliphatic carbocycles. The number of morpholine rings is 1. The topological polar surface area (TPSA) is 66.2 Å². The molecule has 1 unspecified atom stereocenters. The molecule has 0 spiro atoms. The zero-order chi connectivity index (χ0) is 17.6. The maximum atomic E-state index is 12.6. The van der Waals surface area contributed by atoms with E-state index in [9.17, 15) is 9.59 Å². The Kier molecular flexibility index (Phi) is 5.88. The summed E-state index contributed by atoms with van der Waals surface area (Å²) in [6.07, 6.45) is 4.80. The Morgan fingerprint density at radius 1 is 1.08 bits per heavy atom. The predicted octanol–water partition coefficient (Wildman–Crippen LogP) is 0.684. The van der Waals surface area contributed by atoms with Gasteiger partial charge in [-0.05, 0) is 25.1 Å². The number of hydrogen-bond acceptors (Lipinski definition) is 5. The van der Waals surface area contributed by atoms with Crippen LogP contribution in [-0.2, 0) is 14.3 Å². The molecule has 1 aromatic rings. The van der Waals surface area contributed by atoms with Gasteiger partial charge in [0, 0.05) is 45.3 Å². The highest BCUT2D eigenvalue weighted by atomic mass is 16.5. The molecule has 2 fully saturated rings. The number of hydrogen-bond donors (Lipinski definition) is 0. The average Bonchev–Trinajstić information content (AvgIpc) is 3.19. The van der Waals surface area contributed by atoms with Gasteiger partial charge in [-0.25, -0.2) is 0 Å². The van der Waals surface area contributed by atoms with E-state index in [2.05, 4.69) is 4.90 Å². The zero-order valence-corrected chi connectivity index (χ0v) is 14.6. The largest absolute Gasteiger partial charge is 0.465 e. The lowest BCUT2D eigenvalue weighted by Crippen LogP contribution is -2.56. The molecule has 1 atom stereocenters. The Labute approximate surface area is 147 Å². The van der Waals surface area contributed by atoms with Gasteiger partial charge >= 0.3 is 0 Å². The summed E-state index contributed by atoms with van der Waals surface area (Å²) in [4.78, 5) is 30.6. The number of rotatable bonds is 4. The van der Waals surface area contributed by atoms with Crippen LogP contribution in [0.3, 0.4) is 0 Å². The van der Waals surface area contributed by atoms with Crippen molar-refractivity contribution in [1.82, 2.24) is 14.7 Å². The van der Waals surface area contributed by atoms with E-state index in [0.29, 0.717) is 58.2 Å². The SMILES string of the molecule is CC(C(=O)N1CCOCC1)N1CCN(C(=O)/C=C/c2ccco2)CC1. The van der Waals surface area contributed by atoms with Gasteiger partial charge in [0.05, 0.1) is 25.5 Å². The smallest absolute Gasteiger partial charge is 0.246 e. The van der Waals surface area contributed by atoms with Gasteiger partial charge in [-0.15, -0.1) is 0 Å². The van der Waals surface area contributed by atoms with Crippen molar-refractivity contribution in [2.24, 2.45) is 0 Å². The summed E-state index contributed by atoms with van der Waals surface area (Å²) >= 11 is 0. The van der Waals surface area contributed by atoms with Gasteiger partial charge in [0.15, 0.2) is 0 Å². The minimum Gasteiger partial charge on any atom is -0.465 e. The highest BCUT2D eigenvalue weighted by Crippen LogP contribution is 2.11. The molecule has 2 aliphatic heterocycles. The van der Waals surface area contributed by atoms with Gasteiger partial charge in [-0.3, -0.25) is 14.5 Å². The molecule has 7 nitrogen and oxygen atoms in total. The highest BCUT2D eigenvalue weighted by Gasteiger charge is 2.30. The minimum atomic E-state index is -0.158. The Morgan fingerprint density at radius 2 is 1.80 bits per heavy atom. The van der Waals surface area contributed by atoms with Crippen LogP contribution < -0.4 is 0 Å². The second kappa shape index (κ2) is 8.31. The first-order valence-electron chi connectivity index (χ1n) is 8.76. The maximum Gasteiger partial charge on any atom is 0.246 e. The van der Waals surface area contributed by atoms with E-state index >= 15 is 0 Å². The normalized spacial score (nSPS) is 20.8. The summed E-state index contributed by atoms with van der Waals surface area (Å²) in [6.45, 7) is 7.18. The van der Waals surface area contributed by atoms with Gasteiger partial charge in [0.2, 0.25) is 11.8 Å². The summed E-state index contributed by atoms with van der Waals surface area (Å²) in [5.41, 5.74) is 0. The standard InChI is InChI=1S/C18H25N3O4/c1-15(18(23)21-10-13-24-14-11-21)19-6-8-20(9-7-19)17(22)5-4-16-3-2-12-25-16/h2-5,12,15H,6-11,13-14H2,1H3/b5-4+. The monoisotopic (exact) mass is 347 g/mol. The lowest BCUT2D eigenvalue weighted by Gasteiger charge is -2.39. The number of nitrogens with zero attached hydrogens (tertiary/aromatic N) is 3. The Hall–Kier alpha value is -2.12. The zero-order valence-electron chi connectivity index (χ0n) is 14.6. The van der Waals surface area contributed by atoms with Crippen molar-refractivity contribution in [2.75, 3.05) is 52.5 Å². The van der Waals surface area contributed by atoms with Crippen molar-refractivity contribution in [2.45, 2.75) is 13.0 Å². The summed E-state index contributed by atoms with van der Waals surface area (Å²) in [7, 11) is 0. The van der Waals surface area contributed by atoms with Gasteiger partial charge in [-0.1, -0.05) is 0 Å². The second-order valence-corrected chi connectivity index (χ2v) is 6.32. The van der Waals surface area contributed by atoms with Crippen LogP contribution in [-0.4, -0.2) is 85.0 Å². The van der Waals surface area contributed by atoms with Gasteiger partial charge in [-0.2, -0.15) is 0 Å². The molecule has 0 radical (unpaired) electrons. The van der Waals surface area contributed by atoms with Crippen LogP contribution >= 0.6 is 0 Å². The number of carbonyl (C=O) groups is 2. The third-order valence-electron chi connectivity index (χ3n) is 4.79. The lowest BCUT2D eigenvalue weighted by atomic mass is 10.2. The molecule has 2 aliphatic rings. The third kappa shape index (κ3) is 4.49. The fraction of sp³-hybridized carbons (Fsp3) is 0.556. The van der Waals surface area contributed by atoms with Crippen LogP contribution in [0.2, 0.25) is 0 Å². The molecule has 0 N–H and O–H groups in total. The van der Waals surface area contributed by atoms with E-state index in [1.807, 2.05) is 16.7 Å². The molecular weight excluding hydrogens is 322 g/mol. The fourth-order valence-electron chi connectivity index (χ4n) is 3.18. The Balaban J connectivity index is 1.47. The van der Waals surface area contributed by atoms with E-state index in [0.717, 1.165) is 0 Å². The molecule has 3 heterocycles. The predicted molar refractivity (Wildman–Crippen MR) is 92.8 cm³/mol. The molecule has 25 heavy (non-hydrogen) atoms. The van der Waals surface area contributed by atoms with Gasteiger partial charge in [0.1, 0.15) is 5.76 Å². The van der Waals surface area contributed by atoms with E-state index in [-0.39, 0.29) is 17.9 Å².